The number of hydrogen-bond donors (Lipinski definition) is 1. The van der Waals surface area contributed by atoms with Crippen LogP contribution < -0.4 is 10.2 Å². The van der Waals surface area contributed by atoms with Crippen molar-refractivity contribution in [2.75, 3.05) is 10.2 Å². The van der Waals surface area contributed by atoms with E-state index in [0.29, 0.717) is 5.84 Å². The van der Waals surface area contributed by atoms with E-state index in [1.807, 2.05) is 98.8 Å². The number of amidine groups is 1. The van der Waals surface area contributed by atoms with E-state index in [-0.39, 0.29) is 6.03 Å². The third-order valence-electron chi connectivity index (χ3n) is 3.89. The van der Waals surface area contributed by atoms with Crippen LogP contribution >= 0.6 is 0 Å². The topological polar surface area (TPSA) is 44.7 Å². The molecule has 2 amide bonds. The van der Waals surface area contributed by atoms with E-state index in [4.69, 9.17) is 0 Å². The van der Waals surface area contributed by atoms with Crippen LogP contribution in [-0.4, -0.2) is 11.9 Å². The molecule has 130 valence electrons. The van der Waals surface area contributed by atoms with E-state index < -0.39 is 0 Å². The number of amides is 2. The monoisotopic (exact) mass is 343 g/mol. The van der Waals surface area contributed by atoms with Gasteiger partial charge in [0.25, 0.3) is 0 Å². The Labute approximate surface area is 153 Å². The van der Waals surface area contributed by atoms with Crippen molar-refractivity contribution in [3.63, 3.8) is 0 Å². The summed E-state index contributed by atoms with van der Waals surface area (Å²) in [6.07, 6.45) is 0. The summed E-state index contributed by atoms with van der Waals surface area (Å²) in [5.74, 6) is 0.590. The van der Waals surface area contributed by atoms with Crippen molar-refractivity contribution in [2.45, 2.75) is 13.8 Å². The number of anilines is 2. The highest BCUT2D eigenvalue weighted by atomic mass is 16.2. The van der Waals surface area contributed by atoms with E-state index in [1.54, 1.807) is 4.90 Å². The summed E-state index contributed by atoms with van der Waals surface area (Å²) in [6, 6.07) is 26.5. The van der Waals surface area contributed by atoms with E-state index in [2.05, 4.69) is 10.3 Å². The molecule has 3 aromatic rings. The predicted molar refractivity (Wildman–Crippen MR) is 108 cm³/mol. The molecule has 3 rings (SSSR count). The quantitative estimate of drug-likeness (QED) is 0.475. The first-order valence-corrected chi connectivity index (χ1v) is 8.46. The van der Waals surface area contributed by atoms with Crippen LogP contribution in [0.2, 0.25) is 0 Å². The predicted octanol–water partition coefficient (Wildman–Crippen LogP) is 5.78. The smallest absolute Gasteiger partial charge is 0.307 e. The Bertz CT molecular complexity index is 888. The second-order valence-corrected chi connectivity index (χ2v) is 5.96. The van der Waals surface area contributed by atoms with E-state index >= 15 is 0 Å². The largest absolute Gasteiger partial charge is 0.331 e. The Morgan fingerprint density at radius 2 is 1.42 bits per heavy atom. The van der Waals surface area contributed by atoms with Gasteiger partial charge in [0.05, 0.1) is 11.4 Å². The highest BCUT2D eigenvalue weighted by Gasteiger charge is 2.19. The minimum Gasteiger partial charge on any atom is -0.307 e. The fourth-order valence-corrected chi connectivity index (χ4v) is 2.58. The molecule has 0 aliphatic heterocycles. The molecule has 0 spiro atoms. The van der Waals surface area contributed by atoms with Gasteiger partial charge < -0.3 is 5.32 Å². The highest BCUT2D eigenvalue weighted by Crippen LogP contribution is 2.19. The fourth-order valence-electron chi connectivity index (χ4n) is 2.58. The van der Waals surface area contributed by atoms with Gasteiger partial charge in [-0.3, -0.25) is 4.90 Å². The van der Waals surface area contributed by atoms with Crippen LogP contribution in [0.5, 0.6) is 0 Å². The van der Waals surface area contributed by atoms with Crippen molar-refractivity contribution in [2.24, 2.45) is 4.99 Å². The van der Waals surface area contributed by atoms with Crippen molar-refractivity contribution < 1.29 is 4.79 Å². The maximum Gasteiger partial charge on any atom is 0.331 e. The molecule has 0 bridgehead atoms. The molecular weight excluding hydrogens is 322 g/mol. The molecule has 4 heteroatoms. The summed E-state index contributed by atoms with van der Waals surface area (Å²) in [6.45, 7) is 3.84. The number of carbonyl (C=O) groups is 1. The molecule has 0 aliphatic rings. The molecular formula is C22H21N3O. The summed E-state index contributed by atoms with van der Waals surface area (Å²) in [7, 11) is 0. The molecule has 0 fully saturated rings. The van der Waals surface area contributed by atoms with Gasteiger partial charge in [-0.05, 0) is 50.2 Å². The molecule has 26 heavy (non-hydrogen) atoms. The van der Waals surface area contributed by atoms with Crippen LogP contribution in [0.1, 0.15) is 12.5 Å². The number of carbonyl (C=O) groups excluding carboxylic acids is 1. The standard InChI is InChI=1S/C22H21N3O/c1-17-13-15-20(16-14-17)24-22(26)25(21-11-7-4-8-12-21)18(2)23-19-9-5-3-6-10-19/h3-16H,1-2H3,(H,24,26). The fraction of sp³-hybridized carbons (Fsp3) is 0.0909. The lowest BCUT2D eigenvalue weighted by atomic mass is 10.2. The molecule has 0 unspecified atom stereocenters. The van der Waals surface area contributed by atoms with Crippen LogP contribution in [0, 0.1) is 6.92 Å². The van der Waals surface area contributed by atoms with Gasteiger partial charge in [0.15, 0.2) is 0 Å². The maximum absolute atomic E-state index is 13.0. The van der Waals surface area contributed by atoms with E-state index in [0.717, 1.165) is 22.6 Å². The van der Waals surface area contributed by atoms with E-state index in [9.17, 15) is 4.79 Å². The zero-order valence-electron chi connectivity index (χ0n) is 14.9. The van der Waals surface area contributed by atoms with Crippen molar-refractivity contribution in [3.05, 3.63) is 90.5 Å². The minimum absolute atomic E-state index is 0.253. The van der Waals surface area contributed by atoms with Crippen molar-refractivity contribution in [1.82, 2.24) is 0 Å². The number of aliphatic imine (C=N–C) groups is 1. The molecule has 0 saturated carbocycles. The molecule has 0 saturated heterocycles. The third-order valence-corrected chi connectivity index (χ3v) is 3.89. The van der Waals surface area contributed by atoms with Gasteiger partial charge in [-0.1, -0.05) is 54.1 Å². The summed E-state index contributed by atoms with van der Waals surface area (Å²) in [5.41, 5.74) is 3.45. The first kappa shape index (κ1) is 17.4. The average molecular weight is 343 g/mol. The first-order valence-electron chi connectivity index (χ1n) is 8.46. The van der Waals surface area contributed by atoms with Gasteiger partial charge in [0.1, 0.15) is 5.84 Å². The number of hydrogen-bond acceptors (Lipinski definition) is 2. The number of nitrogens with zero attached hydrogens (tertiary/aromatic N) is 2. The van der Waals surface area contributed by atoms with Crippen molar-refractivity contribution >= 4 is 28.9 Å². The van der Waals surface area contributed by atoms with Crippen LogP contribution in [0.15, 0.2) is 89.9 Å². The zero-order chi connectivity index (χ0) is 18.4. The van der Waals surface area contributed by atoms with Gasteiger partial charge in [0, 0.05) is 5.69 Å². The Hall–Kier alpha value is -3.40. The van der Waals surface area contributed by atoms with Crippen LogP contribution in [-0.2, 0) is 0 Å². The Kier molecular flexibility index (Phi) is 5.44. The molecule has 1 N–H and O–H groups in total. The molecule has 3 aromatic carbocycles. The van der Waals surface area contributed by atoms with E-state index in [1.165, 1.54) is 0 Å². The maximum atomic E-state index is 13.0. The summed E-state index contributed by atoms with van der Waals surface area (Å²) in [4.78, 5) is 19.1. The summed E-state index contributed by atoms with van der Waals surface area (Å²) in [5, 5.41) is 2.94. The van der Waals surface area contributed by atoms with Crippen LogP contribution in [0.4, 0.5) is 21.9 Å². The van der Waals surface area contributed by atoms with Crippen molar-refractivity contribution in [1.29, 1.82) is 0 Å². The number of nitrogens with one attached hydrogen (secondary N) is 1. The van der Waals surface area contributed by atoms with Gasteiger partial charge in [0.2, 0.25) is 0 Å². The van der Waals surface area contributed by atoms with Gasteiger partial charge in [-0.25, -0.2) is 9.79 Å². The Balaban J connectivity index is 1.92. The second-order valence-electron chi connectivity index (χ2n) is 5.96. The number of rotatable bonds is 3. The normalized spacial score (nSPS) is 11.1. The molecule has 0 radical (unpaired) electrons. The van der Waals surface area contributed by atoms with Crippen LogP contribution in [0.3, 0.4) is 0 Å². The molecule has 4 nitrogen and oxygen atoms in total. The first-order chi connectivity index (χ1) is 12.6. The zero-order valence-corrected chi connectivity index (χ0v) is 14.9. The second kappa shape index (κ2) is 8.12. The van der Waals surface area contributed by atoms with Gasteiger partial charge >= 0.3 is 6.03 Å². The summed E-state index contributed by atoms with van der Waals surface area (Å²) >= 11 is 0. The molecule has 0 aromatic heterocycles. The molecule has 0 aliphatic carbocycles. The third kappa shape index (κ3) is 4.36. The van der Waals surface area contributed by atoms with Crippen LogP contribution in [0.25, 0.3) is 0 Å². The Morgan fingerprint density at radius 3 is 2.04 bits per heavy atom. The minimum atomic E-state index is -0.253. The Morgan fingerprint density at radius 1 is 0.846 bits per heavy atom. The SMILES string of the molecule is CC(=Nc1ccccc1)N(C(=O)Nc1ccc(C)cc1)c1ccccc1. The van der Waals surface area contributed by atoms with Gasteiger partial charge in [-0.2, -0.15) is 0 Å². The lowest BCUT2D eigenvalue weighted by Crippen LogP contribution is -2.38. The lowest BCUT2D eigenvalue weighted by molar-refractivity contribution is 0.259. The number of urea groups is 1. The number of benzene rings is 3. The number of para-hydroxylation sites is 2. The van der Waals surface area contributed by atoms with Crippen molar-refractivity contribution in [3.8, 4) is 0 Å². The molecule has 0 heterocycles. The number of aryl methyl sites for hydroxylation is 1. The average Bonchev–Trinajstić information content (AvgIpc) is 2.65. The highest BCUT2D eigenvalue weighted by molar-refractivity contribution is 6.20. The van der Waals surface area contributed by atoms with Gasteiger partial charge in [-0.15, -0.1) is 0 Å². The summed E-state index contributed by atoms with van der Waals surface area (Å²) < 4.78 is 0. The lowest BCUT2D eigenvalue weighted by Gasteiger charge is -2.23. The molecule has 0 atom stereocenters.